The topological polar surface area (TPSA) is 137 Å². The first-order valence-electron chi connectivity index (χ1n) is 9.56. The van der Waals surface area contributed by atoms with E-state index in [4.69, 9.17) is 4.74 Å². The van der Waals surface area contributed by atoms with E-state index in [0.29, 0.717) is 12.4 Å². The van der Waals surface area contributed by atoms with Crippen LogP contribution in [0.3, 0.4) is 0 Å². The maximum absolute atomic E-state index is 13.0. The van der Waals surface area contributed by atoms with E-state index in [9.17, 15) is 22.8 Å². The lowest BCUT2D eigenvalue weighted by Crippen LogP contribution is -2.16. The van der Waals surface area contributed by atoms with Gasteiger partial charge in [0.2, 0.25) is 5.91 Å². The average Bonchev–Trinajstić information content (AvgIpc) is 2.78. The number of hydrogen-bond acceptors (Lipinski definition) is 8. The van der Waals surface area contributed by atoms with Crippen LogP contribution in [0.4, 0.5) is 11.4 Å². The lowest BCUT2D eigenvalue weighted by Gasteiger charge is -2.15. The Morgan fingerprint density at radius 3 is 2.00 bits per heavy atom. The van der Waals surface area contributed by atoms with Crippen LogP contribution in [0.15, 0.2) is 41.3 Å². The van der Waals surface area contributed by atoms with E-state index in [1.807, 2.05) is 0 Å². The summed E-state index contributed by atoms with van der Waals surface area (Å²) in [6.45, 7) is 3.73. The molecule has 0 aliphatic heterocycles. The van der Waals surface area contributed by atoms with Gasteiger partial charge in [-0.2, -0.15) is 0 Å². The molecule has 0 radical (unpaired) electrons. The summed E-state index contributed by atoms with van der Waals surface area (Å²) in [6, 6.07) is 7.67. The Kier molecular flexibility index (Phi) is 8.19. The monoisotopic (exact) mass is 464 g/mol. The third-order valence-electron chi connectivity index (χ3n) is 4.18. The standard InChI is InChI=1S/C21H24N2O8S/c1-5-19(24)22-17-12-16(7-8-18(17)31-6-2)32(27,28)23-15-10-13(20(25)29-3)9-14(11-15)21(26)30-4/h7-12,23H,5-6H2,1-4H3,(H,22,24). The van der Waals surface area contributed by atoms with Crippen molar-refractivity contribution >= 4 is 39.2 Å². The van der Waals surface area contributed by atoms with Crippen molar-refractivity contribution in [2.24, 2.45) is 0 Å². The zero-order valence-corrected chi connectivity index (χ0v) is 18.9. The van der Waals surface area contributed by atoms with Gasteiger partial charge in [0, 0.05) is 6.42 Å². The number of anilines is 2. The van der Waals surface area contributed by atoms with Crippen LogP contribution in [0, 0.1) is 0 Å². The molecule has 1 amide bonds. The highest BCUT2D eigenvalue weighted by Gasteiger charge is 2.20. The van der Waals surface area contributed by atoms with Crippen molar-refractivity contribution in [2.75, 3.05) is 30.9 Å². The molecule has 2 rings (SSSR count). The SMILES string of the molecule is CCOc1ccc(S(=O)(=O)Nc2cc(C(=O)OC)cc(C(=O)OC)c2)cc1NC(=O)CC. The fraction of sp³-hybridized carbons (Fsp3) is 0.286. The van der Waals surface area contributed by atoms with Gasteiger partial charge < -0.3 is 19.5 Å². The number of nitrogens with one attached hydrogen (secondary N) is 2. The molecule has 0 spiro atoms. The molecule has 0 atom stereocenters. The third kappa shape index (κ3) is 5.97. The number of carbonyl (C=O) groups is 3. The molecular formula is C21H24N2O8S. The van der Waals surface area contributed by atoms with Gasteiger partial charge in [0.25, 0.3) is 10.0 Å². The molecule has 0 unspecified atom stereocenters. The Labute approximate surface area is 185 Å². The van der Waals surface area contributed by atoms with E-state index in [1.54, 1.807) is 13.8 Å². The summed E-state index contributed by atoms with van der Waals surface area (Å²) in [5.74, 6) is -1.53. The quantitative estimate of drug-likeness (QED) is 0.541. The Bertz CT molecular complexity index is 1090. The Morgan fingerprint density at radius 2 is 1.50 bits per heavy atom. The fourth-order valence-electron chi connectivity index (χ4n) is 2.67. The van der Waals surface area contributed by atoms with Crippen LogP contribution in [0.25, 0.3) is 0 Å². The van der Waals surface area contributed by atoms with Crippen molar-refractivity contribution < 1.29 is 37.0 Å². The highest BCUT2D eigenvalue weighted by molar-refractivity contribution is 7.92. The zero-order valence-electron chi connectivity index (χ0n) is 18.1. The lowest BCUT2D eigenvalue weighted by molar-refractivity contribution is -0.115. The number of carbonyl (C=O) groups excluding carboxylic acids is 3. The number of amides is 1. The highest BCUT2D eigenvalue weighted by atomic mass is 32.2. The highest BCUT2D eigenvalue weighted by Crippen LogP contribution is 2.29. The van der Waals surface area contributed by atoms with E-state index in [-0.39, 0.29) is 39.7 Å². The average molecular weight is 464 g/mol. The van der Waals surface area contributed by atoms with Crippen molar-refractivity contribution in [3.63, 3.8) is 0 Å². The summed E-state index contributed by atoms with van der Waals surface area (Å²) >= 11 is 0. The van der Waals surface area contributed by atoms with E-state index in [2.05, 4.69) is 19.5 Å². The number of ether oxygens (including phenoxy) is 3. The van der Waals surface area contributed by atoms with Crippen LogP contribution >= 0.6 is 0 Å². The normalized spacial score (nSPS) is 10.8. The van der Waals surface area contributed by atoms with Gasteiger partial charge in [0.15, 0.2) is 0 Å². The second kappa shape index (κ2) is 10.6. The summed E-state index contributed by atoms with van der Waals surface area (Å²) in [5.41, 5.74) is 0.0489. The molecule has 10 nitrogen and oxygen atoms in total. The molecule has 0 fully saturated rings. The molecule has 0 aliphatic carbocycles. The molecule has 0 saturated carbocycles. The van der Waals surface area contributed by atoms with E-state index >= 15 is 0 Å². The first kappa shape index (κ1) is 24.7. The maximum Gasteiger partial charge on any atom is 0.337 e. The number of hydrogen-bond donors (Lipinski definition) is 2. The van der Waals surface area contributed by atoms with Crippen LogP contribution < -0.4 is 14.8 Å². The minimum absolute atomic E-state index is 0.0457. The Balaban J connectivity index is 2.48. The molecular weight excluding hydrogens is 440 g/mol. The van der Waals surface area contributed by atoms with Gasteiger partial charge in [0.1, 0.15) is 5.75 Å². The van der Waals surface area contributed by atoms with Gasteiger partial charge in [0.05, 0.1) is 48.2 Å². The van der Waals surface area contributed by atoms with Crippen molar-refractivity contribution in [1.29, 1.82) is 0 Å². The van der Waals surface area contributed by atoms with Crippen molar-refractivity contribution in [3.05, 3.63) is 47.5 Å². The zero-order chi connectivity index (χ0) is 23.9. The second-order valence-corrected chi connectivity index (χ2v) is 8.06. The van der Waals surface area contributed by atoms with Crippen molar-refractivity contribution in [1.82, 2.24) is 0 Å². The molecule has 2 N–H and O–H groups in total. The van der Waals surface area contributed by atoms with Crippen LogP contribution in [-0.2, 0) is 24.3 Å². The minimum Gasteiger partial charge on any atom is -0.492 e. The smallest absolute Gasteiger partial charge is 0.337 e. The van der Waals surface area contributed by atoms with Crippen LogP contribution in [0.5, 0.6) is 5.75 Å². The molecule has 0 saturated heterocycles. The fourth-order valence-corrected chi connectivity index (χ4v) is 3.73. The summed E-state index contributed by atoms with van der Waals surface area (Å²) in [6.07, 6.45) is 0.192. The summed E-state index contributed by atoms with van der Waals surface area (Å²) in [7, 11) is -1.86. The third-order valence-corrected chi connectivity index (χ3v) is 5.56. The summed E-state index contributed by atoms with van der Waals surface area (Å²) < 4.78 is 43.0. The molecule has 0 aromatic heterocycles. The predicted octanol–water partition coefficient (Wildman–Crippen LogP) is 2.81. The molecule has 2 aromatic carbocycles. The molecule has 0 heterocycles. The molecule has 2 aromatic rings. The molecule has 0 aliphatic rings. The number of esters is 2. The summed E-state index contributed by atoms with van der Waals surface area (Å²) in [4.78, 5) is 35.5. The van der Waals surface area contributed by atoms with Gasteiger partial charge in [-0.05, 0) is 43.3 Å². The van der Waals surface area contributed by atoms with E-state index in [0.717, 1.165) is 14.2 Å². The van der Waals surface area contributed by atoms with Crippen LogP contribution in [-0.4, -0.2) is 47.1 Å². The molecule has 172 valence electrons. The number of benzene rings is 2. The van der Waals surface area contributed by atoms with E-state index < -0.39 is 22.0 Å². The van der Waals surface area contributed by atoms with Crippen LogP contribution in [0.2, 0.25) is 0 Å². The Morgan fingerprint density at radius 1 is 0.906 bits per heavy atom. The van der Waals surface area contributed by atoms with Gasteiger partial charge in [-0.15, -0.1) is 0 Å². The van der Waals surface area contributed by atoms with Crippen molar-refractivity contribution in [3.8, 4) is 5.75 Å². The van der Waals surface area contributed by atoms with E-state index in [1.165, 1.54) is 36.4 Å². The van der Waals surface area contributed by atoms with Gasteiger partial charge in [-0.1, -0.05) is 6.92 Å². The molecule has 0 bridgehead atoms. The first-order chi connectivity index (χ1) is 15.1. The molecule has 32 heavy (non-hydrogen) atoms. The van der Waals surface area contributed by atoms with Gasteiger partial charge in [-0.3, -0.25) is 9.52 Å². The van der Waals surface area contributed by atoms with Gasteiger partial charge >= 0.3 is 11.9 Å². The predicted molar refractivity (Wildman–Crippen MR) is 116 cm³/mol. The minimum atomic E-state index is -4.17. The Hall–Kier alpha value is -3.60. The first-order valence-corrected chi connectivity index (χ1v) is 11.0. The van der Waals surface area contributed by atoms with Crippen LogP contribution in [0.1, 0.15) is 41.0 Å². The number of sulfonamides is 1. The second-order valence-electron chi connectivity index (χ2n) is 6.38. The maximum atomic E-state index is 13.0. The summed E-state index contributed by atoms with van der Waals surface area (Å²) in [5, 5.41) is 2.61. The largest absolute Gasteiger partial charge is 0.492 e. The lowest BCUT2D eigenvalue weighted by atomic mass is 10.1. The van der Waals surface area contributed by atoms with Gasteiger partial charge in [-0.25, -0.2) is 18.0 Å². The number of methoxy groups -OCH3 is 2. The molecule has 11 heteroatoms. The van der Waals surface area contributed by atoms with Crippen molar-refractivity contribution in [2.45, 2.75) is 25.2 Å². The number of rotatable bonds is 9.